The lowest BCUT2D eigenvalue weighted by molar-refractivity contribution is -0.166. The van der Waals surface area contributed by atoms with Crippen LogP contribution < -0.4 is 0 Å². The zero-order chi connectivity index (χ0) is 17.6. The maximum absolute atomic E-state index is 11.9. The molecule has 10 nitrogen and oxygen atoms in total. The molecule has 0 heterocycles. The normalized spacial score (nSPS) is 19.4. The Morgan fingerprint density at radius 2 is 1.00 bits per heavy atom. The molecule has 22 heavy (non-hydrogen) atoms. The molecule has 0 aliphatic rings. The number of carbonyl (C=O) groups is 2. The molecule has 12 heteroatoms. The van der Waals surface area contributed by atoms with Crippen LogP contribution in [0, 0.1) is 0 Å². The van der Waals surface area contributed by atoms with Gasteiger partial charge in [-0.3, -0.25) is 18.2 Å². The first kappa shape index (κ1) is 21.2. The van der Waals surface area contributed by atoms with Crippen LogP contribution in [0.4, 0.5) is 0 Å². The molecule has 0 radical (unpaired) electrons. The fraction of sp³-hybridized carbons (Fsp3) is 0.800. The molecule has 0 fully saturated rings. The number of carbonyl (C=O) groups excluding carboxylic acids is 2. The van der Waals surface area contributed by atoms with Crippen molar-refractivity contribution in [1.82, 2.24) is 0 Å². The van der Waals surface area contributed by atoms with Crippen molar-refractivity contribution >= 4 is 27.1 Å². The molecule has 0 aromatic carbocycles. The highest BCUT2D eigenvalue weighted by molar-refractivity contribution is 7.53. The molecule has 0 N–H and O–H groups in total. The van der Waals surface area contributed by atoms with Crippen LogP contribution in [-0.2, 0) is 46.3 Å². The number of rotatable bonds is 9. The predicted octanol–water partition coefficient (Wildman–Crippen LogP) is 1.04. The van der Waals surface area contributed by atoms with Crippen molar-refractivity contribution in [1.29, 1.82) is 0 Å². The summed E-state index contributed by atoms with van der Waals surface area (Å²) in [4.78, 5) is 23.6. The Hall–Kier alpha value is -0.760. The Morgan fingerprint density at radius 3 is 1.18 bits per heavy atom. The third kappa shape index (κ3) is 6.56. The van der Waals surface area contributed by atoms with Crippen LogP contribution in [0.1, 0.15) is 0 Å². The van der Waals surface area contributed by atoms with Crippen LogP contribution in [0.5, 0.6) is 0 Å². The van der Waals surface area contributed by atoms with E-state index in [-0.39, 0.29) is 0 Å². The topological polar surface area (TPSA) is 124 Å². The second kappa shape index (κ2) is 8.76. The quantitative estimate of drug-likeness (QED) is 0.434. The van der Waals surface area contributed by atoms with Crippen LogP contribution in [0.3, 0.4) is 0 Å². The van der Waals surface area contributed by atoms with Crippen molar-refractivity contribution in [3.63, 3.8) is 0 Å². The van der Waals surface area contributed by atoms with E-state index in [0.29, 0.717) is 0 Å². The smallest absolute Gasteiger partial charge is 0.338 e. The summed E-state index contributed by atoms with van der Waals surface area (Å²) in [7, 11) is -3.18. The van der Waals surface area contributed by atoms with Gasteiger partial charge in [0, 0.05) is 27.5 Å². The lowest BCUT2D eigenvalue weighted by Gasteiger charge is -2.26. The van der Waals surface area contributed by atoms with E-state index in [0.717, 1.165) is 41.8 Å². The Labute approximate surface area is 128 Å². The fourth-order valence-corrected chi connectivity index (χ4v) is 2.57. The summed E-state index contributed by atoms with van der Waals surface area (Å²) in [5, 5.41) is 0. The van der Waals surface area contributed by atoms with Gasteiger partial charge in [-0.15, -0.1) is 0 Å². The third-order valence-corrected chi connectivity index (χ3v) is 4.96. The van der Waals surface area contributed by atoms with E-state index in [2.05, 4.69) is 18.5 Å². The minimum atomic E-state index is -3.69. The molecule has 0 spiro atoms. The Bertz CT molecular complexity index is 446. The summed E-state index contributed by atoms with van der Waals surface area (Å²) in [5.74, 6) is -2.18. The van der Waals surface area contributed by atoms with Crippen molar-refractivity contribution in [2.45, 2.75) is 12.2 Å². The van der Waals surface area contributed by atoms with Crippen molar-refractivity contribution in [3.05, 3.63) is 0 Å². The Morgan fingerprint density at radius 1 is 0.727 bits per heavy atom. The number of esters is 2. The van der Waals surface area contributed by atoms with Gasteiger partial charge in [0.2, 0.25) is 12.2 Å². The van der Waals surface area contributed by atoms with E-state index in [4.69, 9.17) is 9.05 Å². The maximum Gasteiger partial charge on any atom is 0.338 e. The number of hydrogen-bond donors (Lipinski definition) is 0. The lowest BCUT2D eigenvalue weighted by Crippen LogP contribution is -2.44. The van der Waals surface area contributed by atoms with E-state index in [1.165, 1.54) is 0 Å². The van der Waals surface area contributed by atoms with Crippen LogP contribution in [0.2, 0.25) is 0 Å². The first-order valence-electron chi connectivity index (χ1n) is 5.82. The predicted molar refractivity (Wildman–Crippen MR) is 74.9 cm³/mol. The molecule has 130 valence electrons. The van der Waals surface area contributed by atoms with Crippen molar-refractivity contribution in [2.24, 2.45) is 0 Å². The van der Waals surface area contributed by atoms with Gasteiger partial charge in [0.1, 0.15) is 0 Å². The van der Waals surface area contributed by atoms with Gasteiger partial charge in [0.25, 0.3) is 0 Å². The number of hydrogen-bond acceptors (Lipinski definition) is 10. The van der Waals surface area contributed by atoms with Gasteiger partial charge in [0.05, 0.1) is 14.2 Å². The first-order valence-corrected chi connectivity index (χ1v) is 9.80. The zero-order valence-corrected chi connectivity index (χ0v) is 14.9. The minimum absolute atomic E-state index is 1.02. The molecule has 0 aliphatic carbocycles. The van der Waals surface area contributed by atoms with E-state index >= 15 is 0 Å². The average molecular weight is 362 g/mol. The van der Waals surface area contributed by atoms with E-state index in [1.807, 2.05) is 0 Å². The monoisotopic (exact) mass is 362 g/mol. The summed E-state index contributed by atoms with van der Waals surface area (Å²) in [6.07, 6.45) is -3.65. The molecule has 0 aliphatic heterocycles. The standard InChI is InChI=1S/C10H20O10P2/c1-15-9(11)7(19-21(5,13)17-3)8(10(12)16-2)20-22(6,14)18-4/h7-8H,1-6H3. The molecule has 0 bridgehead atoms. The molecule has 0 aromatic rings. The molecule has 0 aromatic heterocycles. The number of methoxy groups -OCH3 is 2. The number of ether oxygens (including phenoxy) is 2. The molecule has 0 saturated carbocycles. The molecule has 0 rings (SSSR count). The van der Waals surface area contributed by atoms with Gasteiger partial charge >= 0.3 is 27.1 Å². The average Bonchev–Trinajstić information content (AvgIpc) is 2.49. The highest BCUT2D eigenvalue weighted by Crippen LogP contribution is 2.48. The van der Waals surface area contributed by atoms with Crippen LogP contribution >= 0.6 is 15.2 Å². The Kier molecular flexibility index (Phi) is 8.46. The summed E-state index contributed by atoms with van der Waals surface area (Å²) >= 11 is 0. The van der Waals surface area contributed by atoms with Crippen LogP contribution in [0.25, 0.3) is 0 Å². The van der Waals surface area contributed by atoms with Gasteiger partial charge in [-0.1, -0.05) is 0 Å². The van der Waals surface area contributed by atoms with Crippen molar-refractivity contribution < 1.29 is 46.3 Å². The van der Waals surface area contributed by atoms with E-state index in [9.17, 15) is 18.7 Å². The molecular weight excluding hydrogens is 342 g/mol. The second-order valence-electron chi connectivity index (χ2n) is 4.01. The van der Waals surface area contributed by atoms with Crippen LogP contribution in [0.15, 0.2) is 0 Å². The summed E-state index contributed by atoms with van der Waals surface area (Å²) in [6.45, 7) is 2.14. The van der Waals surface area contributed by atoms with Gasteiger partial charge in [-0.25, -0.2) is 9.59 Å². The highest BCUT2D eigenvalue weighted by atomic mass is 31.2. The summed E-state index contributed by atoms with van der Waals surface area (Å²) < 4.78 is 51.9. The lowest BCUT2D eigenvalue weighted by atomic mass is 10.2. The van der Waals surface area contributed by atoms with Gasteiger partial charge < -0.3 is 18.5 Å². The molecule has 4 atom stereocenters. The summed E-state index contributed by atoms with van der Waals surface area (Å²) in [6, 6.07) is 0. The van der Waals surface area contributed by atoms with Crippen molar-refractivity contribution in [2.75, 3.05) is 41.8 Å². The zero-order valence-electron chi connectivity index (χ0n) is 13.1. The Balaban J connectivity index is 5.64. The van der Waals surface area contributed by atoms with E-state index in [1.54, 1.807) is 0 Å². The molecule has 4 unspecified atom stereocenters. The molecule has 0 amide bonds. The van der Waals surface area contributed by atoms with Crippen LogP contribution in [-0.4, -0.2) is 65.9 Å². The van der Waals surface area contributed by atoms with Gasteiger partial charge in [-0.2, -0.15) is 0 Å². The first-order chi connectivity index (χ1) is 10.0. The maximum atomic E-state index is 11.9. The minimum Gasteiger partial charge on any atom is -0.467 e. The van der Waals surface area contributed by atoms with Gasteiger partial charge in [-0.05, 0) is 0 Å². The van der Waals surface area contributed by atoms with Crippen molar-refractivity contribution in [3.8, 4) is 0 Å². The SMILES string of the molecule is COC(=O)C(OP(C)(=O)OC)C(OP(C)(=O)OC)C(=O)OC. The molecule has 0 saturated heterocycles. The van der Waals surface area contributed by atoms with Gasteiger partial charge in [0.15, 0.2) is 0 Å². The summed E-state index contributed by atoms with van der Waals surface area (Å²) in [5.41, 5.74) is 0. The fourth-order valence-electron chi connectivity index (χ4n) is 1.17. The molecular formula is C10H20O10P2. The second-order valence-corrected chi connectivity index (χ2v) is 8.24. The largest absolute Gasteiger partial charge is 0.467 e. The van der Waals surface area contributed by atoms with E-state index < -0.39 is 39.3 Å². The third-order valence-electron chi connectivity index (χ3n) is 2.42. The highest BCUT2D eigenvalue weighted by Gasteiger charge is 2.44.